The van der Waals surface area contributed by atoms with Crippen LogP contribution < -0.4 is 5.73 Å². The highest BCUT2D eigenvalue weighted by molar-refractivity contribution is 7.20. The molecule has 0 unspecified atom stereocenters. The van der Waals surface area contributed by atoms with Gasteiger partial charge in [-0.2, -0.15) is 0 Å². The van der Waals surface area contributed by atoms with Crippen molar-refractivity contribution in [2.45, 2.75) is 0 Å². The lowest BCUT2D eigenvalue weighted by Crippen LogP contribution is -1.78. The quantitative estimate of drug-likeness (QED) is 0.791. The van der Waals surface area contributed by atoms with Crippen molar-refractivity contribution >= 4 is 33.6 Å². The zero-order valence-electron chi connectivity index (χ0n) is 7.73. The van der Waals surface area contributed by atoms with Crippen LogP contribution in [0, 0.1) is 0 Å². The molecule has 0 saturated heterocycles. The Morgan fingerprint density at radius 2 is 2.07 bits per heavy atom. The maximum atomic E-state index is 5.42. The summed E-state index contributed by atoms with van der Waals surface area (Å²) in [6.07, 6.45) is 5.37. The molecule has 0 spiro atoms. The van der Waals surface area contributed by atoms with Crippen molar-refractivity contribution in [1.82, 2.24) is 0 Å². The van der Waals surface area contributed by atoms with Crippen LogP contribution in [0.15, 0.2) is 37.0 Å². The van der Waals surface area contributed by atoms with Crippen LogP contribution in [0.5, 0.6) is 0 Å². The first-order valence-electron chi connectivity index (χ1n) is 4.39. The predicted octanol–water partition coefficient (Wildman–Crippen LogP) is 3.47. The molecule has 2 aromatic rings. The molecule has 1 nitrogen and oxygen atoms in total. The fourth-order valence-electron chi connectivity index (χ4n) is 1.50. The van der Waals surface area contributed by atoms with Crippen LogP contribution in [-0.2, 0) is 0 Å². The molecule has 2 rings (SSSR count). The van der Waals surface area contributed by atoms with Crippen LogP contribution >= 0.6 is 11.3 Å². The van der Waals surface area contributed by atoms with E-state index in [-0.39, 0.29) is 0 Å². The topological polar surface area (TPSA) is 26.0 Å². The number of rotatable bonds is 2. The standard InChI is InChI=1S/C12H11NS/c1-2-11-10(7-8-13)9-5-3-4-6-12(9)14-11/h2-8H,1,13H2/b8-7-. The van der Waals surface area contributed by atoms with Crippen molar-refractivity contribution in [2.75, 3.05) is 0 Å². The zero-order chi connectivity index (χ0) is 9.97. The second-order valence-corrected chi connectivity index (χ2v) is 4.02. The van der Waals surface area contributed by atoms with Gasteiger partial charge in [-0.3, -0.25) is 0 Å². The SMILES string of the molecule is C=Cc1sc2ccccc2c1/C=C\N. The maximum Gasteiger partial charge on any atom is 0.0355 e. The maximum absolute atomic E-state index is 5.42. The molecule has 0 saturated carbocycles. The molecular weight excluding hydrogens is 190 g/mol. The summed E-state index contributed by atoms with van der Waals surface area (Å²) in [7, 11) is 0. The van der Waals surface area contributed by atoms with Gasteiger partial charge in [-0.05, 0) is 18.3 Å². The fourth-order valence-corrected chi connectivity index (χ4v) is 2.55. The summed E-state index contributed by atoms with van der Waals surface area (Å²) in [4.78, 5) is 1.17. The summed E-state index contributed by atoms with van der Waals surface area (Å²) in [5.74, 6) is 0. The summed E-state index contributed by atoms with van der Waals surface area (Å²) in [6, 6.07) is 8.30. The summed E-state index contributed by atoms with van der Waals surface area (Å²) in [5, 5.41) is 1.24. The Labute approximate surface area is 87.2 Å². The van der Waals surface area contributed by atoms with Gasteiger partial charge in [-0.1, -0.05) is 30.9 Å². The van der Waals surface area contributed by atoms with E-state index in [1.807, 2.05) is 24.3 Å². The molecule has 0 amide bonds. The van der Waals surface area contributed by atoms with E-state index in [4.69, 9.17) is 5.73 Å². The van der Waals surface area contributed by atoms with Crippen molar-refractivity contribution < 1.29 is 0 Å². The number of hydrogen-bond donors (Lipinski definition) is 1. The van der Waals surface area contributed by atoms with Gasteiger partial charge in [0, 0.05) is 20.5 Å². The molecule has 14 heavy (non-hydrogen) atoms. The van der Waals surface area contributed by atoms with Gasteiger partial charge in [0.2, 0.25) is 0 Å². The predicted molar refractivity (Wildman–Crippen MR) is 65.1 cm³/mol. The first-order chi connectivity index (χ1) is 6.86. The number of thiophene rings is 1. The van der Waals surface area contributed by atoms with E-state index in [0.717, 1.165) is 0 Å². The normalized spacial score (nSPS) is 11.1. The molecule has 0 fully saturated rings. The van der Waals surface area contributed by atoms with Crippen LogP contribution in [0.3, 0.4) is 0 Å². The van der Waals surface area contributed by atoms with E-state index in [1.165, 1.54) is 20.5 Å². The lowest BCUT2D eigenvalue weighted by atomic mass is 10.1. The number of benzene rings is 1. The summed E-state index contributed by atoms with van der Waals surface area (Å²) >= 11 is 1.74. The minimum atomic E-state index is 1.17. The second-order valence-electron chi connectivity index (χ2n) is 2.94. The number of fused-ring (bicyclic) bond motifs is 1. The van der Waals surface area contributed by atoms with Gasteiger partial charge in [-0.25, -0.2) is 0 Å². The van der Waals surface area contributed by atoms with Gasteiger partial charge in [-0.15, -0.1) is 11.3 Å². The third-order valence-corrected chi connectivity index (χ3v) is 3.29. The van der Waals surface area contributed by atoms with Crippen LogP contribution in [0.25, 0.3) is 22.2 Å². The summed E-state index contributed by atoms with van der Waals surface area (Å²) in [6.45, 7) is 3.80. The summed E-state index contributed by atoms with van der Waals surface area (Å²) in [5.41, 5.74) is 6.59. The highest BCUT2D eigenvalue weighted by Gasteiger charge is 2.05. The molecule has 2 N–H and O–H groups in total. The molecule has 0 aliphatic carbocycles. The Balaban J connectivity index is 2.80. The van der Waals surface area contributed by atoms with Gasteiger partial charge in [0.25, 0.3) is 0 Å². The Kier molecular flexibility index (Phi) is 2.37. The molecule has 0 bridgehead atoms. The zero-order valence-corrected chi connectivity index (χ0v) is 8.55. The van der Waals surface area contributed by atoms with Gasteiger partial charge in [0.15, 0.2) is 0 Å². The van der Waals surface area contributed by atoms with Crippen LogP contribution in [0.1, 0.15) is 10.4 Å². The largest absolute Gasteiger partial charge is 0.405 e. The summed E-state index contributed by atoms with van der Waals surface area (Å²) < 4.78 is 1.27. The lowest BCUT2D eigenvalue weighted by molar-refractivity contribution is 1.63. The Morgan fingerprint density at radius 3 is 2.79 bits per heavy atom. The van der Waals surface area contributed by atoms with Gasteiger partial charge in [0.1, 0.15) is 0 Å². The lowest BCUT2D eigenvalue weighted by Gasteiger charge is -1.92. The van der Waals surface area contributed by atoms with Crippen LogP contribution in [0.2, 0.25) is 0 Å². The molecule has 0 aliphatic heterocycles. The molecule has 0 radical (unpaired) electrons. The van der Waals surface area contributed by atoms with Gasteiger partial charge in [0.05, 0.1) is 0 Å². The molecule has 1 aromatic carbocycles. The second kappa shape index (κ2) is 3.68. The van der Waals surface area contributed by atoms with Crippen LogP contribution in [-0.4, -0.2) is 0 Å². The molecule has 1 heterocycles. The molecular formula is C12H11NS. The van der Waals surface area contributed by atoms with Crippen LogP contribution in [0.4, 0.5) is 0 Å². The first kappa shape index (κ1) is 9.03. The van der Waals surface area contributed by atoms with E-state index in [9.17, 15) is 0 Å². The Bertz CT molecular complexity index is 494. The molecule has 0 atom stereocenters. The van der Waals surface area contributed by atoms with E-state index in [2.05, 4.69) is 18.7 Å². The highest BCUT2D eigenvalue weighted by atomic mass is 32.1. The Hall–Kier alpha value is -1.54. The Morgan fingerprint density at radius 1 is 1.29 bits per heavy atom. The average Bonchev–Trinajstić information content (AvgIpc) is 2.58. The van der Waals surface area contributed by atoms with E-state index in [0.29, 0.717) is 0 Å². The number of hydrogen-bond acceptors (Lipinski definition) is 2. The van der Waals surface area contributed by atoms with Crippen molar-refractivity contribution in [3.63, 3.8) is 0 Å². The highest BCUT2D eigenvalue weighted by Crippen LogP contribution is 2.32. The third-order valence-electron chi connectivity index (χ3n) is 2.11. The van der Waals surface area contributed by atoms with E-state index >= 15 is 0 Å². The van der Waals surface area contributed by atoms with Crippen molar-refractivity contribution in [3.05, 3.63) is 47.5 Å². The minimum absolute atomic E-state index is 1.17. The van der Waals surface area contributed by atoms with Crippen molar-refractivity contribution in [2.24, 2.45) is 5.73 Å². The van der Waals surface area contributed by atoms with E-state index in [1.54, 1.807) is 17.5 Å². The monoisotopic (exact) mass is 201 g/mol. The molecule has 2 heteroatoms. The first-order valence-corrected chi connectivity index (χ1v) is 5.20. The smallest absolute Gasteiger partial charge is 0.0355 e. The number of nitrogens with two attached hydrogens (primary N) is 1. The molecule has 0 aliphatic rings. The average molecular weight is 201 g/mol. The van der Waals surface area contributed by atoms with Crippen molar-refractivity contribution in [3.8, 4) is 0 Å². The molecule has 1 aromatic heterocycles. The minimum Gasteiger partial charge on any atom is -0.405 e. The van der Waals surface area contributed by atoms with Gasteiger partial charge < -0.3 is 5.73 Å². The third kappa shape index (κ3) is 1.34. The van der Waals surface area contributed by atoms with Crippen molar-refractivity contribution in [1.29, 1.82) is 0 Å². The van der Waals surface area contributed by atoms with Gasteiger partial charge >= 0.3 is 0 Å². The fraction of sp³-hybridized carbons (Fsp3) is 0. The molecule has 70 valence electrons. The van der Waals surface area contributed by atoms with E-state index < -0.39 is 0 Å².